The molecule has 4 aromatic rings. The number of ether oxygens (including phenoxy) is 2. The van der Waals surface area contributed by atoms with Gasteiger partial charge in [-0.25, -0.2) is 4.98 Å². The molecule has 1 saturated heterocycles. The lowest BCUT2D eigenvalue weighted by Crippen LogP contribution is -2.34. The SMILES string of the molecule is COCCn1ccc2c(OCC(=O)N3CCCC3c3nc4ccccc4[nH]3)cccc21. The van der Waals surface area contributed by atoms with Crippen LogP contribution in [0, 0.1) is 0 Å². The van der Waals surface area contributed by atoms with E-state index in [1.807, 2.05) is 53.6 Å². The van der Waals surface area contributed by atoms with Gasteiger partial charge in [-0.15, -0.1) is 0 Å². The van der Waals surface area contributed by atoms with Crippen LogP contribution < -0.4 is 4.74 Å². The van der Waals surface area contributed by atoms with Crippen molar-refractivity contribution in [3.63, 3.8) is 0 Å². The highest BCUT2D eigenvalue weighted by molar-refractivity contribution is 5.87. The van der Waals surface area contributed by atoms with Gasteiger partial charge >= 0.3 is 0 Å². The molecule has 2 aromatic carbocycles. The Bertz CT molecular complexity index is 1180. The minimum absolute atomic E-state index is 0.0130. The number of H-pyrrole nitrogens is 1. The molecular weight excluding hydrogens is 392 g/mol. The number of amides is 1. The number of carbonyl (C=O) groups is 1. The Balaban J connectivity index is 1.30. The van der Waals surface area contributed by atoms with Crippen molar-refractivity contribution in [1.29, 1.82) is 0 Å². The number of hydrogen-bond acceptors (Lipinski definition) is 4. The number of para-hydroxylation sites is 2. The molecule has 2 aromatic heterocycles. The number of benzene rings is 2. The summed E-state index contributed by atoms with van der Waals surface area (Å²) in [5.41, 5.74) is 3.00. The van der Waals surface area contributed by atoms with Gasteiger partial charge in [0.1, 0.15) is 11.6 Å². The van der Waals surface area contributed by atoms with E-state index in [0.29, 0.717) is 6.61 Å². The Labute approximate surface area is 180 Å². The highest BCUT2D eigenvalue weighted by Gasteiger charge is 2.32. The standard InChI is InChI=1S/C24H26N4O3/c1-30-15-14-27-13-11-17-20(27)8-4-10-22(17)31-16-23(29)28-12-5-9-21(28)24-25-18-6-2-3-7-19(18)26-24/h2-4,6-8,10-11,13,21H,5,9,12,14-16H2,1H3,(H,25,26). The third-order valence-corrected chi connectivity index (χ3v) is 5.96. The first-order valence-electron chi connectivity index (χ1n) is 10.7. The summed E-state index contributed by atoms with van der Waals surface area (Å²) in [6, 6.07) is 15.9. The summed E-state index contributed by atoms with van der Waals surface area (Å²) in [4.78, 5) is 23.0. The maximum Gasteiger partial charge on any atom is 0.261 e. The van der Waals surface area contributed by atoms with E-state index in [9.17, 15) is 4.79 Å². The third-order valence-electron chi connectivity index (χ3n) is 5.96. The fourth-order valence-corrected chi connectivity index (χ4v) is 4.41. The summed E-state index contributed by atoms with van der Waals surface area (Å²) in [6.45, 7) is 2.15. The molecular formula is C24H26N4O3. The first-order valence-corrected chi connectivity index (χ1v) is 10.7. The Kier molecular flexibility index (Phi) is 5.34. The Morgan fingerprint density at radius 1 is 1.19 bits per heavy atom. The van der Waals surface area contributed by atoms with Crippen molar-refractivity contribution in [2.24, 2.45) is 0 Å². The monoisotopic (exact) mass is 418 g/mol. The van der Waals surface area contributed by atoms with Crippen LogP contribution in [0.25, 0.3) is 21.9 Å². The van der Waals surface area contributed by atoms with E-state index in [2.05, 4.69) is 15.6 Å². The zero-order valence-corrected chi connectivity index (χ0v) is 17.6. The van der Waals surface area contributed by atoms with E-state index in [0.717, 1.165) is 59.4 Å². The molecule has 0 spiro atoms. The zero-order chi connectivity index (χ0) is 21.2. The average molecular weight is 418 g/mol. The molecule has 1 aliphatic heterocycles. The number of imidazole rings is 1. The van der Waals surface area contributed by atoms with Gasteiger partial charge in [0.25, 0.3) is 5.91 Å². The van der Waals surface area contributed by atoms with E-state index >= 15 is 0 Å². The van der Waals surface area contributed by atoms with Crippen LogP contribution in [-0.2, 0) is 16.1 Å². The van der Waals surface area contributed by atoms with Crippen molar-refractivity contribution in [3.8, 4) is 5.75 Å². The molecule has 0 bridgehead atoms. The maximum absolute atomic E-state index is 13.0. The van der Waals surface area contributed by atoms with Gasteiger partial charge in [-0.1, -0.05) is 18.2 Å². The van der Waals surface area contributed by atoms with Crippen LogP contribution >= 0.6 is 0 Å². The summed E-state index contributed by atoms with van der Waals surface area (Å²) >= 11 is 0. The van der Waals surface area contributed by atoms with Gasteiger partial charge in [0.2, 0.25) is 0 Å². The van der Waals surface area contributed by atoms with Gasteiger partial charge < -0.3 is 23.9 Å². The molecule has 1 fully saturated rings. The van der Waals surface area contributed by atoms with Gasteiger partial charge in [0, 0.05) is 31.8 Å². The smallest absolute Gasteiger partial charge is 0.261 e. The number of likely N-dealkylation sites (tertiary alicyclic amines) is 1. The van der Waals surface area contributed by atoms with E-state index in [1.54, 1.807) is 7.11 Å². The molecule has 1 N–H and O–H groups in total. The fraction of sp³-hybridized carbons (Fsp3) is 0.333. The van der Waals surface area contributed by atoms with Gasteiger partial charge in [-0.3, -0.25) is 4.79 Å². The Hall–Kier alpha value is -3.32. The van der Waals surface area contributed by atoms with Crippen LogP contribution in [0.4, 0.5) is 0 Å². The molecule has 160 valence electrons. The summed E-state index contributed by atoms with van der Waals surface area (Å²) in [5.74, 6) is 1.56. The van der Waals surface area contributed by atoms with Crippen LogP contribution in [-0.4, -0.2) is 52.2 Å². The molecule has 7 heteroatoms. The Morgan fingerprint density at radius 3 is 2.97 bits per heavy atom. The summed E-state index contributed by atoms with van der Waals surface area (Å²) in [7, 11) is 1.70. The van der Waals surface area contributed by atoms with Crippen molar-refractivity contribution in [3.05, 3.63) is 60.6 Å². The first kappa shape index (κ1) is 19.6. The van der Waals surface area contributed by atoms with Crippen LogP contribution in [0.15, 0.2) is 54.7 Å². The molecule has 1 unspecified atom stereocenters. The second-order valence-electron chi connectivity index (χ2n) is 7.86. The minimum Gasteiger partial charge on any atom is -0.483 e. The number of hydrogen-bond donors (Lipinski definition) is 1. The average Bonchev–Trinajstić information content (AvgIpc) is 3.53. The predicted molar refractivity (Wildman–Crippen MR) is 119 cm³/mol. The molecule has 3 heterocycles. The van der Waals surface area contributed by atoms with Crippen LogP contribution in [0.5, 0.6) is 5.75 Å². The molecule has 1 amide bonds. The number of aromatic amines is 1. The summed E-state index contributed by atoms with van der Waals surface area (Å²) < 4.78 is 13.3. The fourth-order valence-electron chi connectivity index (χ4n) is 4.41. The highest BCUT2D eigenvalue weighted by atomic mass is 16.5. The summed E-state index contributed by atoms with van der Waals surface area (Å²) in [6.07, 6.45) is 3.89. The molecule has 0 aliphatic carbocycles. The second-order valence-corrected chi connectivity index (χ2v) is 7.86. The van der Waals surface area contributed by atoms with Crippen LogP contribution in [0.1, 0.15) is 24.7 Å². The van der Waals surface area contributed by atoms with Crippen LogP contribution in [0.2, 0.25) is 0 Å². The molecule has 1 aliphatic rings. The molecule has 31 heavy (non-hydrogen) atoms. The van der Waals surface area contributed by atoms with Gasteiger partial charge in [0.15, 0.2) is 6.61 Å². The van der Waals surface area contributed by atoms with E-state index in [-0.39, 0.29) is 18.6 Å². The van der Waals surface area contributed by atoms with Gasteiger partial charge in [-0.2, -0.15) is 0 Å². The highest BCUT2D eigenvalue weighted by Crippen LogP contribution is 2.32. The number of methoxy groups -OCH3 is 1. The molecule has 0 saturated carbocycles. The number of nitrogens with one attached hydrogen (secondary N) is 1. The largest absolute Gasteiger partial charge is 0.483 e. The lowest BCUT2D eigenvalue weighted by Gasteiger charge is -2.23. The number of carbonyl (C=O) groups excluding carboxylic acids is 1. The van der Waals surface area contributed by atoms with E-state index in [1.165, 1.54) is 0 Å². The predicted octanol–water partition coefficient (Wildman–Crippen LogP) is 3.91. The van der Waals surface area contributed by atoms with Crippen molar-refractivity contribution in [2.45, 2.75) is 25.4 Å². The number of nitrogens with zero attached hydrogens (tertiary/aromatic N) is 3. The number of aromatic nitrogens is 3. The number of fused-ring (bicyclic) bond motifs is 2. The lowest BCUT2D eigenvalue weighted by molar-refractivity contribution is -0.134. The minimum atomic E-state index is -0.0329. The topological polar surface area (TPSA) is 72.4 Å². The van der Waals surface area contributed by atoms with E-state index < -0.39 is 0 Å². The van der Waals surface area contributed by atoms with Crippen molar-refractivity contribution < 1.29 is 14.3 Å². The molecule has 7 nitrogen and oxygen atoms in total. The van der Waals surface area contributed by atoms with Crippen molar-refractivity contribution >= 4 is 27.8 Å². The normalized spacial score (nSPS) is 16.4. The Morgan fingerprint density at radius 2 is 2.10 bits per heavy atom. The van der Waals surface area contributed by atoms with Gasteiger partial charge in [-0.05, 0) is 43.2 Å². The van der Waals surface area contributed by atoms with E-state index in [4.69, 9.17) is 14.5 Å². The second kappa shape index (κ2) is 8.43. The lowest BCUT2D eigenvalue weighted by atomic mass is 10.2. The molecule has 5 rings (SSSR count). The van der Waals surface area contributed by atoms with Crippen molar-refractivity contribution in [1.82, 2.24) is 19.4 Å². The third kappa shape index (κ3) is 3.77. The zero-order valence-electron chi connectivity index (χ0n) is 17.6. The molecule has 0 radical (unpaired) electrons. The first-order chi connectivity index (χ1) is 15.2. The van der Waals surface area contributed by atoms with Crippen LogP contribution in [0.3, 0.4) is 0 Å². The maximum atomic E-state index is 13.0. The van der Waals surface area contributed by atoms with Crippen molar-refractivity contribution in [2.75, 3.05) is 26.9 Å². The quantitative estimate of drug-likeness (QED) is 0.494. The number of rotatable bonds is 7. The van der Waals surface area contributed by atoms with Gasteiger partial charge in [0.05, 0.1) is 29.2 Å². The summed E-state index contributed by atoms with van der Waals surface area (Å²) in [5, 5.41) is 1.00. The molecule has 1 atom stereocenters.